The zero-order valence-electron chi connectivity index (χ0n) is 46.7. The molecule has 84 heavy (non-hydrogen) atoms. The van der Waals surface area contributed by atoms with Gasteiger partial charge in [-0.15, -0.1) is 0 Å². The van der Waals surface area contributed by atoms with E-state index in [1.165, 1.54) is 42.7 Å². The standard InChI is InChI=1S/2C21H20N2O4.C12H13ClN2O2.C9H8O3.H2S/c2*1-26-20(24)13-9-7-12(8-10-13)18-19-15(11-17(23-18)21(25)27-2)14-5-3-4-6-16(14)22-19;1-17-12(16)11(15-13)6-8-7-14-10-5-3-2-4-9(8)10;1-12-9(11)8-4-2-7(6-10)3-5-8;/h2*3-10,17-18,22-23H,11H2,1-2H3;2-5,7,11,14-15H,6H2,1H3;2-6H,1H3;1H2/t17-,18+;17-,18-;11-;;/m000../s1. The van der Waals surface area contributed by atoms with Gasteiger partial charge in [-0.05, 0) is 94.2 Å². The van der Waals surface area contributed by atoms with E-state index in [-0.39, 0.29) is 55.4 Å². The number of para-hydroxylation sites is 3. The van der Waals surface area contributed by atoms with Crippen molar-refractivity contribution in [3.63, 3.8) is 0 Å². The molecule has 0 spiro atoms. The van der Waals surface area contributed by atoms with E-state index in [4.69, 9.17) is 30.7 Å². The Kier molecular flexibility index (Phi) is 21.8. The molecule has 0 unspecified atom stereocenters. The van der Waals surface area contributed by atoms with Crippen molar-refractivity contribution in [1.82, 2.24) is 30.4 Å². The summed E-state index contributed by atoms with van der Waals surface area (Å²) in [4.78, 5) is 93.0. The highest BCUT2D eigenvalue weighted by molar-refractivity contribution is 7.59. The van der Waals surface area contributed by atoms with Gasteiger partial charge < -0.3 is 43.4 Å². The van der Waals surface area contributed by atoms with Crippen molar-refractivity contribution in [2.45, 2.75) is 49.5 Å². The molecule has 0 saturated carbocycles. The lowest BCUT2D eigenvalue weighted by Crippen LogP contribution is -2.45. The van der Waals surface area contributed by atoms with Crippen molar-refractivity contribution < 1.29 is 62.0 Å². The minimum absolute atomic E-state index is 0. The summed E-state index contributed by atoms with van der Waals surface area (Å²) in [6.07, 6.45) is 4.21. The van der Waals surface area contributed by atoms with Gasteiger partial charge >= 0.3 is 35.8 Å². The lowest BCUT2D eigenvalue weighted by atomic mass is 9.90. The summed E-state index contributed by atoms with van der Waals surface area (Å²) in [5, 5.41) is 10.1. The number of hydrogen-bond acceptors (Lipinski definition) is 16. The number of benzene rings is 6. The number of methoxy groups -OCH3 is 6. The molecule has 5 heterocycles. The molecule has 3 aromatic heterocycles. The average molecular weight is 1180 g/mol. The van der Waals surface area contributed by atoms with Crippen LogP contribution in [0.2, 0.25) is 0 Å². The fourth-order valence-electron chi connectivity index (χ4n) is 10.1. The largest absolute Gasteiger partial charge is 0.468 e. The molecule has 0 aliphatic carbocycles. The van der Waals surface area contributed by atoms with Crippen molar-refractivity contribution in [3.8, 4) is 0 Å². The van der Waals surface area contributed by atoms with E-state index in [1.807, 2.05) is 91.1 Å². The number of carbonyl (C=O) groups is 7. The Hall–Kier alpha value is -9.05. The second kappa shape index (κ2) is 29.3. The Bertz CT molecular complexity index is 3600. The van der Waals surface area contributed by atoms with Gasteiger partial charge in [0.15, 0.2) is 0 Å². The lowest BCUT2D eigenvalue weighted by Gasteiger charge is -2.30. The topological polar surface area (TPSA) is 258 Å². The SMILES string of the molecule is COC(=O)[C@H](Cc1c[nH]c2ccccc12)NCl.COC(=O)c1ccc(C=O)cc1.COC(=O)c1ccc([C@@H]2N[C@H](C(=O)OC)Cc3c2[nH]c2ccccc32)cc1.COC(=O)c1ccc([C@H]2N[C@H](C(=O)OC)Cc3c2[nH]c2ccccc32)cc1.S. The van der Waals surface area contributed by atoms with Gasteiger partial charge in [0.2, 0.25) is 0 Å². The minimum Gasteiger partial charge on any atom is -0.468 e. The van der Waals surface area contributed by atoms with Crippen molar-refractivity contribution in [2.24, 2.45) is 0 Å². The monoisotopic (exact) mass is 1180 g/mol. The van der Waals surface area contributed by atoms with Crippen LogP contribution in [0.4, 0.5) is 0 Å². The molecule has 0 bridgehead atoms. The van der Waals surface area contributed by atoms with Crippen LogP contribution in [-0.2, 0) is 62.1 Å². The van der Waals surface area contributed by atoms with E-state index in [9.17, 15) is 33.6 Å². The molecule has 2 aliphatic rings. The number of aromatic amines is 3. The number of aldehydes is 1. The van der Waals surface area contributed by atoms with Gasteiger partial charge in [-0.2, -0.15) is 13.5 Å². The summed E-state index contributed by atoms with van der Waals surface area (Å²) >= 11 is 5.55. The van der Waals surface area contributed by atoms with Gasteiger partial charge in [-0.1, -0.05) is 91.0 Å². The van der Waals surface area contributed by atoms with Crippen LogP contribution >= 0.6 is 25.3 Å². The van der Waals surface area contributed by atoms with E-state index in [1.54, 1.807) is 48.5 Å². The molecule has 9 aromatic rings. The normalized spacial score (nSPS) is 15.9. The van der Waals surface area contributed by atoms with E-state index < -0.39 is 24.1 Å². The third-order valence-corrected chi connectivity index (χ3v) is 14.6. The molecule has 19 nitrogen and oxygen atoms in total. The summed E-state index contributed by atoms with van der Waals surface area (Å²) in [7, 11) is 8.17. The number of ether oxygens (including phenoxy) is 6. The minimum atomic E-state index is -0.541. The second-order valence-corrected chi connectivity index (χ2v) is 19.3. The van der Waals surface area contributed by atoms with Gasteiger partial charge in [-0.3, -0.25) is 29.8 Å². The first-order chi connectivity index (χ1) is 40.3. The number of carbonyl (C=O) groups excluding carboxylic acids is 7. The van der Waals surface area contributed by atoms with Gasteiger partial charge in [0.1, 0.15) is 24.4 Å². The molecule has 0 saturated heterocycles. The Balaban J connectivity index is 0.000000167. The first-order valence-electron chi connectivity index (χ1n) is 26.1. The Labute approximate surface area is 495 Å². The first kappa shape index (κ1) is 62.5. The molecular formula is C63H63ClN6O13S. The molecule has 2 aliphatic heterocycles. The van der Waals surface area contributed by atoms with Gasteiger partial charge in [-0.25, -0.2) is 19.2 Å². The van der Waals surface area contributed by atoms with Crippen molar-refractivity contribution >= 4 is 100 Å². The number of halogens is 1. The number of nitrogens with one attached hydrogen (secondary N) is 6. The van der Waals surface area contributed by atoms with Crippen LogP contribution in [0.25, 0.3) is 32.7 Å². The van der Waals surface area contributed by atoms with Crippen LogP contribution in [0.3, 0.4) is 0 Å². The van der Waals surface area contributed by atoms with E-state index in [0.29, 0.717) is 41.5 Å². The molecule has 0 radical (unpaired) electrons. The number of H-pyrrole nitrogens is 3. The molecule has 5 atom stereocenters. The third-order valence-electron chi connectivity index (χ3n) is 14.3. The Morgan fingerprint density at radius 2 is 0.917 bits per heavy atom. The summed E-state index contributed by atoms with van der Waals surface area (Å²) in [5.74, 6) is -2.10. The lowest BCUT2D eigenvalue weighted by molar-refractivity contribution is -0.144. The van der Waals surface area contributed by atoms with Crippen LogP contribution in [0.15, 0.2) is 152 Å². The third kappa shape index (κ3) is 14.2. The smallest absolute Gasteiger partial charge is 0.337 e. The number of aromatic nitrogens is 3. The fraction of sp³-hybridized carbons (Fsp3) is 0.222. The van der Waals surface area contributed by atoms with Crippen molar-refractivity contribution in [1.29, 1.82) is 0 Å². The summed E-state index contributed by atoms with van der Waals surface area (Å²) in [5.41, 5.74) is 12.3. The maximum Gasteiger partial charge on any atom is 0.337 e. The Morgan fingerprint density at radius 1 is 0.524 bits per heavy atom. The number of fused-ring (bicyclic) bond motifs is 7. The van der Waals surface area contributed by atoms with Gasteiger partial charge in [0.05, 0.1) is 71.4 Å². The average Bonchev–Trinajstić information content (AvgIpc) is 4.33. The quantitative estimate of drug-likeness (QED) is 0.0289. The van der Waals surface area contributed by atoms with E-state index >= 15 is 0 Å². The first-order valence-corrected chi connectivity index (χ1v) is 26.5. The van der Waals surface area contributed by atoms with E-state index in [2.05, 4.69) is 52.0 Å². The number of rotatable bonds is 12. The molecular weight excluding hydrogens is 1120 g/mol. The summed E-state index contributed by atoms with van der Waals surface area (Å²) < 4.78 is 28.6. The zero-order valence-corrected chi connectivity index (χ0v) is 48.5. The molecule has 436 valence electrons. The predicted octanol–water partition coefficient (Wildman–Crippen LogP) is 8.86. The highest BCUT2D eigenvalue weighted by Crippen LogP contribution is 2.37. The van der Waals surface area contributed by atoms with E-state index in [0.717, 1.165) is 78.2 Å². The maximum absolute atomic E-state index is 12.2. The van der Waals surface area contributed by atoms with Crippen LogP contribution in [0, 0.1) is 0 Å². The van der Waals surface area contributed by atoms with Crippen LogP contribution in [0.1, 0.15) is 92.7 Å². The van der Waals surface area contributed by atoms with Gasteiger partial charge in [0, 0.05) is 75.1 Å². The van der Waals surface area contributed by atoms with Crippen molar-refractivity contribution in [3.05, 3.63) is 213 Å². The second-order valence-electron chi connectivity index (χ2n) is 19.1. The maximum atomic E-state index is 12.2. The van der Waals surface area contributed by atoms with Gasteiger partial charge in [0.25, 0.3) is 0 Å². The van der Waals surface area contributed by atoms with Crippen LogP contribution in [0.5, 0.6) is 0 Å². The molecule has 11 rings (SSSR count). The molecule has 0 fully saturated rings. The number of hydrogen-bond donors (Lipinski definition) is 6. The number of esters is 6. The predicted molar refractivity (Wildman–Crippen MR) is 321 cm³/mol. The summed E-state index contributed by atoms with van der Waals surface area (Å²) in [6.45, 7) is 0. The zero-order chi connectivity index (χ0) is 59.2. The van der Waals surface area contributed by atoms with Crippen LogP contribution in [-0.4, -0.2) is 118 Å². The molecule has 6 N–H and O–H groups in total. The summed E-state index contributed by atoms with van der Waals surface area (Å²) in [6, 6.07) is 42.8. The molecule has 0 amide bonds. The highest BCUT2D eigenvalue weighted by Gasteiger charge is 2.36. The Morgan fingerprint density at radius 3 is 1.30 bits per heavy atom. The highest BCUT2D eigenvalue weighted by atomic mass is 35.5. The molecule has 21 heteroatoms. The van der Waals surface area contributed by atoms with Crippen LogP contribution < -0.4 is 15.5 Å². The fourth-order valence-corrected chi connectivity index (χ4v) is 10.3. The van der Waals surface area contributed by atoms with Crippen molar-refractivity contribution in [2.75, 3.05) is 42.7 Å². The molecule has 6 aromatic carbocycles.